The van der Waals surface area contributed by atoms with Crippen LogP contribution in [0.5, 0.6) is 0 Å². The van der Waals surface area contributed by atoms with E-state index in [0.717, 1.165) is 25.9 Å². The number of aliphatic hydroxyl groups is 2. The minimum atomic E-state index is -1.75. The van der Waals surface area contributed by atoms with Gasteiger partial charge >= 0.3 is 0 Å². The first-order valence-electron chi connectivity index (χ1n) is 6.76. The molecule has 0 bridgehead atoms. The van der Waals surface area contributed by atoms with Crippen LogP contribution in [0, 0.1) is 30.6 Å². The van der Waals surface area contributed by atoms with E-state index in [9.17, 15) is 0 Å². The normalized spacial score (nSPS) is 12.0. The molecule has 0 aliphatic heterocycles. The Bertz CT molecular complexity index is 227. The molecule has 12 heteroatoms. The van der Waals surface area contributed by atoms with Gasteiger partial charge in [0, 0.05) is 0 Å². The molecule has 0 saturated carbocycles. The van der Waals surface area contributed by atoms with Crippen LogP contribution in [0.25, 0.3) is 0 Å². The highest BCUT2D eigenvalue weighted by Crippen LogP contribution is 1.80. The van der Waals surface area contributed by atoms with Crippen molar-refractivity contribution in [2.75, 3.05) is 26.3 Å². The summed E-state index contributed by atoms with van der Waals surface area (Å²) in [5, 5.41) is 51.8. The van der Waals surface area contributed by atoms with Gasteiger partial charge < -0.3 is 51.5 Å². The second-order valence-corrected chi connectivity index (χ2v) is 4.20. The molecule has 0 aliphatic rings. The summed E-state index contributed by atoms with van der Waals surface area (Å²) in [5.74, 6) is 0. The van der Waals surface area contributed by atoms with Gasteiger partial charge in [-0.2, -0.15) is 0 Å². The lowest BCUT2D eigenvalue weighted by molar-refractivity contribution is -0.755. The number of nitrogens with zero attached hydrogens (tertiary/aromatic N) is 2. The van der Waals surface area contributed by atoms with Gasteiger partial charge in [-0.3, -0.25) is 0 Å². The summed E-state index contributed by atoms with van der Waals surface area (Å²) in [6.45, 7) is 6.71. The van der Waals surface area contributed by atoms with Crippen LogP contribution in [0.3, 0.4) is 0 Å². The van der Waals surface area contributed by atoms with Crippen molar-refractivity contribution in [1.29, 1.82) is 0 Å². The molecule has 0 aliphatic carbocycles. The van der Waals surface area contributed by atoms with Gasteiger partial charge in [-0.15, -0.1) is 0 Å². The predicted molar refractivity (Wildman–Crippen MR) is 76.6 cm³/mol. The smallest absolute Gasteiger partial charge is 0.126 e. The molecule has 0 heterocycles. The molecule has 0 fully saturated rings. The van der Waals surface area contributed by atoms with Crippen LogP contribution in [0.15, 0.2) is 0 Å². The lowest BCUT2D eigenvalue weighted by atomic mass is 10.2. The quantitative estimate of drug-likeness (QED) is 0.196. The number of aliphatic hydroxyl groups excluding tert-OH is 2. The maximum absolute atomic E-state index is 8.95. The molecular weight excluding hydrogens is 304 g/mol. The zero-order chi connectivity index (χ0) is 18.0. The molecule has 6 N–H and O–H groups in total. The highest BCUT2D eigenvalue weighted by atomic mass is 16.9. The number of nitrogens with two attached hydrogens (primary N) is 2. The summed E-state index contributed by atoms with van der Waals surface area (Å²) >= 11 is 0. The highest BCUT2D eigenvalue weighted by molar-refractivity contribution is 4.46. The minimum Gasteiger partial charge on any atom is -0.390 e. The van der Waals surface area contributed by atoms with Crippen molar-refractivity contribution in [1.82, 2.24) is 0 Å². The maximum atomic E-state index is 8.95. The van der Waals surface area contributed by atoms with Crippen molar-refractivity contribution in [3.8, 4) is 0 Å². The lowest BCUT2D eigenvalue weighted by Crippen LogP contribution is -3.00. The first-order valence-corrected chi connectivity index (χ1v) is 6.76. The van der Waals surface area contributed by atoms with Crippen LogP contribution >= 0.6 is 0 Å². The molecular formula is C10H26N4O8. The second-order valence-electron chi connectivity index (χ2n) is 4.20. The van der Waals surface area contributed by atoms with Crippen molar-refractivity contribution < 1.29 is 31.0 Å². The Morgan fingerprint density at radius 3 is 1.18 bits per heavy atom. The monoisotopic (exact) mass is 330 g/mol. The maximum Gasteiger partial charge on any atom is 0.126 e. The molecule has 0 aromatic rings. The molecule has 0 amide bonds. The number of hydrogen-bond donors (Lipinski definition) is 4. The van der Waals surface area contributed by atoms with E-state index in [4.69, 9.17) is 40.9 Å². The highest BCUT2D eigenvalue weighted by Gasteiger charge is 2.09. The van der Waals surface area contributed by atoms with Crippen LogP contribution < -0.4 is 10.6 Å². The first-order chi connectivity index (χ1) is 10.2. The van der Waals surface area contributed by atoms with Gasteiger partial charge in [0.2, 0.25) is 0 Å². The Hall–Kier alpha value is -1.76. The van der Waals surface area contributed by atoms with E-state index in [-0.39, 0.29) is 13.2 Å². The molecule has 0 aromatic heterocycles. The van der Waals surface area contributed by atoms with Crippen molar-refractivity contribution in [3.63, 3.8) is 0 Å². The van der Waals surface area contributed by atoms with Crippen molar-refractivity contribution in [2.45, 2.75) is 38.8 Å². The molecule has 0 spiro atoms. The summed E-state index contributed by atoms with van der Waals surface area (Å²) < 4.78 is 0. The fourth-order valence-electron chi connectivity index (χ4n) is 1.40. The van der Waals surface area contributed by atoms with Crippen molar-refractivity contribution >= 4 is 0 Å². The standard InChI is InChI=1S/C10H24N2O2.2NO3/c1-3-9(7-13)11-5-6-12-10(4-2)8-14;2*2-1(3)4/h9-14H,3-8H2,1-2H3;;/q;2*-1/p+2/t9-,10+;;. The first kappa shape index (κ1) is 25.2. The molecule has 0 radical (unpaired) electrons. The molecule has 0 unspecified atom stereocenters. The summed E-state index contributed by atoms with van der Waals surface area (Å²) in [4.78, 5) is 16.5. The average Bonchev–Trinajstić information content (AvgIpc) is 2.42. The summed E-state index contributed by atoms with van der Waals surface area (Å²) in [7, 11) is 0. The number of rotatable bonds is 9. The molecule has 2 atom stereocenters. The van der Waals surface area contributed by atoms with Gasteiger partial charge in [0.25, 0.3) is 0 Å². The predicted octanol–water partition coefficient (Wildman–Crippen LogP) is -2.82. The van der Waals surface area contributed by atoms with E-state index >= 15 is 0 Å². The fourth-order valence-corrected chi connectivity index (χ4v) is 1.40. The topological polar surface area (TPSA) is 206 Å². The molecule has 12 nitrogen and oxygen atoms in total. The van der Waals surface area contributed by atoms with Gasteiger partial charge in [0.15, 0.2) is 0 Å². The van der Waals surface area contributed by atoms with Gasteiger partial charge in [0.05, 0.1) is 23.4 Å². The summed E-state index contributed by atoms with van der Waals surface area (Å²) in [6, 6.07) is 0.690. The number of hydrogen-bond acceptors (Lipinski definition) is 8. The van der Waals surface area contributed by atoms with Crippen LogP contribution in [-0.2, 0) is 0 Å². The third kappa shape index (κ3) is 30.9. The molecule has 0 rings (SSSR count). The zero-order valence-electron chi connectivity index (χ0n) is 12.8. The van der Waals surface area contributed by atoms with Crippen LogP contribution in [0.2, 0.25) is 0 Å². The van der Waals surface area contributed by atoms with Crippen LogP contribution in [-0.4, -0.2) is 58.8 Å². The third-order valence-corrected chi connectivity index (χ3v) is 2.68. The Labute approximate surface area is 128 Å². The van der Waals surface area contributed by atoms with E-state index in [2.05, 4.69) is 24.5 Å². The van der Waals surface area contributed by atoms with Crippen LogP contribution in [0.4, 0.5) is 0 Å². The minimum absolute atomic E-state index is 0.258. The largest absolute Gasteiger partial charge is 0.390 e. The molecule has 0 aromatic carbocycles. The Balaban J connectivity index is -0.000000372. The van der Waals surface area contributed by atoms with Crippen molar-refractivity contribution in [3.05, 3.63) is 30.6 Å². The van der Waals surface area contributed by atoms with E-state index in [0.29, 0.717) is 12.1 Å². The number of quaternary nitrogens is 2. The fraction of sp³-hybridized carbons (Fsp3) is 1.00. The molecule has 22 heavy (non-hydrogen) atoms. The third-order valence-electron chi connectivity index (χ3n) is 2.68. The van der Waals surface area contributed by atoms with E-state index in [1.54, 1.807) is 0 Å². The summed E-state index contributed by atoms with van der Waals surface area (Å²) in [5.41, 5.74) is 0. The van der Waals surface area contributed by atoms with Crippen LogP contribution in [0.1, 0.15) is 26.7 Å². The van der Waals surface area contributed by atoms with Gasteiger partial charge in [-0.1, -0.05) is 13.8 Å². The Kier molecular flexibility index (Phi) is 22.0. The van der Waals surface area contributed by atoms with Gasteiger partial charge in [0.1, 0.15) is 25.2 Å². The zero-order valence-corrected chi connectivity index (χ0v) is 12.8. The average molecular weight is 330 g/mol. The lowest BCUT2D eigenvalue weighted by Gasteiger charge is -2.12. The SMILES string of the molecule is CC[C@H](CO)[NH2+]CC[NH2+][C@@H](CC)CO.O=[N+]([O-])[O-].O=[N+]([O-])[O-]. The second kappa shape index (κ2) is 19.2. The molecule has 134 valence electrons. The van der Waals surface area contributed by atoms with E-state index in [1.807, 2.05) is 0 Å². The Morgan fingerprint density at radius 1 is 0.818 bits per heavy atom. The molecule has 0 saturated heterocycles. The van der Waals surface area contributed by atoms with Gasteiger partial charge in [-0.05, 0) is 12.8 Å². The Morgan fingerprint density at radius 2 is 1.05 bits per heavy atom. The van der Waals surface area contributed by atoms with Gasteiger partial charge in [-0.25, -0.2) is 0 Å². The summed E-state index contributed by atoms with van der Waals surface area (Å²) in [6.07, 6.45) is 2.02. The van der Waals surface area contributed by atoms with Crippen molar-refractivity contribution in [2.24, 2.45) is 0 Å². The van der Waals surface area contributed by atoms with E-state index < -0.39 is 10.2 Å². The van der Waals surface area contributed by atoms with E-state index in [1.165, 1.54) is 0 Å².